The van der Waals surface area contributed by atoms with Crippen LogP contribution in [0.25, 0.3) is 0 Å². The molecule has 98 valence electrons. The quantitative estimate of drug-likeness (QED) is 0.907. The van der Waals surface area contributed by atoms with Crippen molar-refractivity contribution in [1.29, 1.82) is 0 Å². The van der Waals surface area contributed by atoms with Crippen LogP contribution < -0.4 is 5.32 Å². The molecular weight excluding hydrogens is 277 g/mol. The van der Waals surface area contributed by atoms with E-state index in [1.807, 2.05) is 0 Å². The lowest BCUT2D eigenvalue weighted by Crippen LogP contribution is -2.13. The van der Waals surface area contributed by atoms with Gasteiger partial charge in [-0.1, -0.05) is 0 Å². The number of amides is 1. The summed E-state index contributed by atoms with van der Waals surface area (Å²) < 4.78 is 18.3. The minimum absolute atomic E-state index is 0.0587. The lowest BCUT2D eigenvalue weighted by Gasteiger charge is -2.06. The number of carboxylic acids is 1. The minimum atomic E-state index is -1.25. The smallest absolute Gasteiger partial charge is 0.335 e. The molecule has 0 unspecified atom stereocenters. The number of halogens is 2. The molecule has 2 N–H and O–H groups in total. The van der Waals surface area contributed by atoms with Crippen molar-refractivity contribution in [3.63, 3.8) is 0 Å². The molecule has 2 rings (SSSR count). The molecular formula is C12H7ClFNO4. The summed E-state index contributed by atoms with van der Waals surface area (Å²) in [7, 11) is 0. The Hall–Kier alpha value is -2.34. The van der Waals surface area contributed by atoms with Crippen LogP contribution in [-0.2, 0) is 0 Å². The normalized spacial score (nSPS) is 10.2. The lowest BCUT2D eigenvalue weighted by atomic mass is 10.2. The van der Waals surface area contributed by atoms with Crippen LogP contribution in [0.15, 0.2) is 34.9 Å². The number of benzene rings is 1. The van der Waals surface area contributed by atoms with E-state index in [9.17, 15) is 14.0 Å². The van der Waals surface area contributed by atoms with Gasteiger partial charge < -0.3 is 14.8 Å². The molecule has 0 aliphatic rings. The van der Waals surface area contributed by atoms with Gasteiger partial charge in [0, 0.05) is 0 Å². The van der Waals surface area contributed by atoms with E-state index in [0.29, 0.717) is 0 Å². The predicted molar refractivity (Wildman–Crippen MR) is 65.0 cm³/mol. The van der Waals surface area contributed by atoms with E-state index in [0.717, 1.165) is 12.1 Å². The van der Waals surface area contributed by atoms with Gasteiger partial charge in [-0.05, 0) is 35.9 Å². The van der Waals surface area contributed by atoms with Crippen molar-refractivity contribution in [2.75, 3.05) is 5.32 Å². The Labute approximate surface area is 111 Å². The van der Waals surface area contributed by atoms with Crippen molar-refractivity contribution in [3.8, 4) is 0 Å². The number of carbonyl (C=O) groups excluding carboxylic acids is 1. The highest BCUT2D eigenvalue weighted by molar-refractivity contribution is 6.32. The molecule has 0 radical (unpaired) electrons. The number of carbonyl (C=O) groups is 2. The fourth-order valence-electron chi connectivity index (χ4n) is 1.39. The van der Waals surface area contributed by atoms with Crippen molar-refractivity contribution in [3.05, 3.63) is 52.7 Å². The number of nitrogens with one attached hydrogen (secondary N) is 1. The van der Waals surface area contributed by atoms with Crippen LogP contribution in [0, 0.1) is 5.82 Å². The van der Waals surface area contributed by atoms with Gasteiger partial charge in [0.2, 0.25) is 5.22 Å². The van der Waals surface area contributed by atoms with Gasteiger partial charge in [0.25, 0.3) is 5.91 Å². The van der Waals surface area contributed by atoms with Crippen molar-refractivity contribution < 1.29 is 23.5 Å². The molecule has 0 bridgehead atoms. The Morgan fingerprint density at radius 3 is 2.58 bits per heavy atom. The highest BCUT2D eigenvalue weighted by Crippen LogP contribution is 2.20. The van der Waals surface area contributed by atoms with Crippen LogP contribution >= 0.6 is 11.6 Å². The summed E-state index contributed by atoms with van der Waals surface area (Å²) in [5.74, 6) is -2.76. The lowest BCUT2D eigenvalue weighted by molar-refractivity contribution is 0.0696. The number of hydrogen-bond acceptors (Lipinski definition) is 3. The molecule has 1 aromatic carbocycles. The van der Waals surface area contributed by atoms with Gasteiger partial charge in [-0.15, -0.1) is 0 Å². The standard InChI is InChI=1S/C12H7ClFNO4/c13-10-7(3-4-19-10)11(16)15-9-2-1-6(12(17)18)5-8(9)14/h1-5H,(H,15,16)(H,17,18). The van der Waals surface area contributed by atoms with Gasteiger partial charge in [-0.2, -0.15) is 0 Å². The number of rotatable bonds is 3. The van der Waals surface area contributed by atoms with E-state index in [1.165, 1.54) is 18.4 Å². The first-order valence-corrected chi connectivity index (χ1v) is 5.44. The van der Waals surface area contributed by atoms with Crippen LogP contribution in [-0.4, -0.2) is 17.0 Å². The third-order valence-corrected chi connectivity index (χ3v) is 2.62. The molecule has 19 heavy (non-hydrogen) atoms. The minimum Gasteiger partial charge on any atom is -0.478 e. The van der Waals surface area contributed by atoms with Gasteiger partial charge in [0.05, 0.1) is 23.1 Å². The average Bonchev–Trinajstić information content (AvgIpc) is 2.77. The van der Waals surface area contributed by atoms with E-state index in [-0.39, 0.29) is 22.0 Å². The van der Waals surface area contributed by atoms with Crippen LogP contribution in [0.3, 0.4) is 0 Å². The molecule has 0 fully saturated rings. The summed E-state index contributed by atoms with van der Waals surface area (Å²) in [5, 5.41) is 10.8. The fourth-order valence-corrected chi connectivity index (χ4v) is 1.60. The summed E-state index contributed by atoms with van der Waals surface area (Å²) in [6, 6.07) is 4.48. The maximum atomic E-state index is 13.6. The van der Waals surface area contributed by atoms with Crippen molar-refractivity contribution in [1.82, 2.24) is 0 Å². The van der Waals surface area contributed by atoms with Crippen LogP contribution in [0.5, 0.6) is 0 Å². The molecule has 0 atom stereocenters. The highest BCUT2D eigenvalue weighted by Gasteiger charge is 2.15. The molecule has 1 amide bonds. The van der Waals surface area contributed by atoms with Crippen LogP contribution in [0.1, 0.15) is 20.7 Å². The van der Waals surface area contributed by atoms with E-state index in [4.69, 9.17) is 21.1 Å². The average molecular weight is 284 g/mol. The zero-order valence-corrected chi connectivity index (χ0v) is 10.1. The van der Waals surface area contributed by atoms with Crippen LogP contribution in [0.2, 0.25) is 5.22 Å². The molecule has 1 heterocycles. The molecule has 2 aromatic rings. The van der Waals surface area contributed by atoms with E-state index >= 15 is 0 Å². The Morgan fingerprint density at radius 1 is 1.32 bits per heavy atom. The van der Waals surface area contributed by atoms with Crippen LogP contribution in [0.4, 0.5) is 10.1 Å². The first-order chi connectivity index (χ1) is 8.99. The van der Waals surface area contributed by atoms with Crippen molar-refractivity contribution in [2.24, 2.45) is 0 Å². The maximum absolute atomic E-state index is 13.6. The zero-order valence-electron chi connectivity index (χ0n) is 9.31. The Morgan fingerprint density at radius 2 is 2.05 bits per heavy atom. The van der Waals surface area contributed by atoms with Gasteiger partial charge in [0.15, 0.2) is 0 Å². The van der Waals surface area contributed by atoms with Gasteiger partial charge in [-0.3, -0.25) is 4.79 Å². The largest absolute Gasteiger partial charge is 0.478 e. The van der Waals surface area contributed by atoms with Gasteiger partial charge >= 0.3 is 5.97 Å². The van der Waals surface area contributed by atoms with Crippen molar-refractivity contribution in [2.45, 2.75) is 0 Å². The van der Waals surface area contributed by atoms with E-state index in [1.54, 1.807) is 0 Å². The summed E-state index contributed by atoms with van der Waals surface area (Å²) in [4.78, 5) is 22.4. The number of anilines is 1. The van der Waals surface area contributed by atoms with E-state index < -0.39 is 17.7 Å². The summed E-state index contributed by atoms with van der Waals surface area (Å²) >= 11 is 5.61. The Kier molecular flexibility index (Phi) is 3.52. The molecule has 0 aliphatic carbocycles. The number of furan rings is 1. The molecule has 0 aliphatic heterocycles. The number of aromatic carboxylic acids is 1. The summed E-state index contributed by atoms with van der Waals surface area (Å²) in [6.45, 7) is 0. The summed E-state index contributed by atoms with van der Waals surface area (Å²) in [6.07, 6.45) is 1.22. The van der Waals surface area contributed by atoms with Crippen molar-refractivity contribution >= 4 is 29.2 Å². The number of hydrogen-bond donors (Lipinski definition) is 2. The second-order valence-electron chi connectivity index (χ2n) is 3.56. The van der Waals surface area contributed by atoms with Gasteiger partial charge in [-0.25, -0.2) is 9.18 Å². The Bertz CT molecular complexity index is 653. The SMILES string of the molecule is O=C(O)c1ccc(NC(=O)c2ccoc2Cl)c(F)c1. The molecule has 0 saturated carbocycles. The second kappa shape index (κ2) is 5.11. The Balaban J connectivity index is 2.23. The maximum Gasteiger partial charge on any atom is 0.335 e. The molecule has 5 nitrogen and oxygen atoms in total. The fraction of sp³-hybridized carbons (Fsp3) is 0. The summed E-state index contributed by atoms with van der Waals surface area (Å²) in [5.41, 5.74) is -0.299. The topological polar surface area (TPSA) is 79.5 Å². The first-order valence-electron chi connectivity index (χ1n) is 5.06. The molecule has 0 spiro atoms. The predicted octanol–water partition coefficient (Wildman–Crippen LogP) is 3.02. The molecule has 7 heteroatoms. The number of carboxylic acid groups (broad SMARTS) is 1. The third-order valence-electron chi connectivity index (χ3n) is 2.33. The zero-order chi connectivity index (χ0) is 14.0. The first kappa shape index (κ1) is 13.1. The molecule has 1 aromatic heterocycles. The highest BCUT2D eigenvalue weighted by atomic mass is 35.5. The molecule has 0 saturated heterocycles. The van der Waals surface area contributed by atoms with Gasteiger partial charge in [0.1, 0.15) is 5.82 Å². The second-order valence-corrected chi connectivity index (χ2v) is 3.91. The van der Waals surface area contributed by atoms with E-state index in [2.05, 4.69) is 5.32 Å². The monoisotopic (exact) mass is 283 g/mol. The third kappa shape index (κ3) is 2.74.